The third kappa shape index (κ3) is 5.98. The minimum absolute atomic E-state index is 0.327. The van der Waals surface area contributed by atoms with E-state index >= 15 is 0 Å². The minimum atomic E-state index is -1.06. The second-order valence-corrected chi connectivity index (χ2v) is 4.57. The molecule has 0 aliphatic rings. The molecule has 20 heavy (non-hydrogen) atoms. The SMILES string of the molecule is COC(OC)OC(=O)C(C)=CCCC(CO)(CO)CO. The van der Waals surface area contributed by atoms with Gasteiger partial charge in [0, 0.05) is 25.2 Å². The summed E-state index contributed by atoms with van der Waals surface area (Å²) in [7, 11) is 2.69. The van der Waals surface area contributed by atoms with Crippen molar-refractivity contribution in [3.63, 3.8) is 0 Å². The van der Waals surface area contributed by atoms with Crippen LogP contribution >= 0.6 is 0 Å². The Labute approximate surface area is 118 Å². The number of allylic oxidation sites excluding steroid dienone is 1. The molecular formula is C13H24O7. The molecule has 0 atom stereocenters. The van der Waals surface area contributed by atoms with Crippen molar-refractivity contribution in [1.29, 1.82) is 0 Å². The molecule has 0 bridgehead atoms. The van der Waals surface area contributed by atoms with Crippen LogP contribution in [0.15, 0.2) is 11.6 Å². The monoisotopic (exact) mass is 292 g/mol. The van der Waals surface area contributed by atoms with Crippen molar-refractivity contribution in [2.45, 2.75) is 26.2 Å². The molecule has 0 amide bonds. The summed E-state index contributed by atoms with van der Waals surface area (Å²) >= 11 is 0. The van der Waals surface area contributed by atoms with Gasteiger partial charge >= 0.3 is 12.4 Å². The molecule has 118 valence electrons. The van der Waals surface area contributed by atoms with Crippen LogP contribution in [0.5, 0.6) is 0 Å². The number of methoxy groups -OCH3 is 2. The van der Waals surface area contributed by atoms with Gasteiger partial charge in [0.05, 0.1) is 19.8 Å². The largest absolute Gasteiger partial charge is 0.407 e. The number of hydrogen-bond donors (Lipinski definition) is 3. The lowest BCUT2D eigenvalue weighted by molar-refractivity contribution is -0.252. The highest BCUT2D eigenvalue weighted by Gasteiger charge is 2.27. The van der Waals surface area contributed by atoms with Gasteiger partial charge in [-0.2, -0.15) is 0 Å². The fourth-order valence-electron chi connectivity index (χ4n) is 1.44. The van der Waals surface area contributed by atoms with Crippen LogP contribution in [0.1, 0.15) is 19.8 Å². The number of carbonyl (C=O) groups excluding carboxylic acids is 1. The maximum absolute atomic E-state index is 11.6. The van der Waals surface area contributed by atoms with Crippen molar-refractivity contribution in [2.24, 2.45) is 5.41 Å². The number of hydrogen-bond acceptors (Lipinski definition) is 7. The molecular weight excluding hydrogens is 268 g/mol. The molecule has 0 heterocycles. The maximum atomic E-state index is 11.6. The van der Waals surface area contributed by atoms with Crippen molar-refractivity contribution in [2.75, 3.05) is 34.0 Å². The van der Waals surface area contributed by atoms with E-state index in [-0.39, 0.29) is 19.8 Å². The van der Waals surface area contributed by atoms with E-state index in [0.717, 1.165) is 0 Å². The lowest BCUT2D eigenvalue weighted by Crippen LogP contribution is -2.33. The quantitative estimate of drug-likeness (QED) is 0.291. The standard InChI is InChI=1S/C13H24O7/c1-10(11(17)20-12(18-2)19-3)5-4-6-13(7-14,8-15)9-16/h5,12,14-16H,4,6-9H2,1-3H3. The van der Waals surface area contributed by atoms with Crippen LogP contribution in [-0.4, -0.2) is 61.8 Å². The molecule has 0 aromatic carbocycles. The van der Waals surface area contributed by atoms with E-state index in [9.17, 15) is 4.79 Å². The lowest BCUT2D eigenvalue weighted by atomic mass is 9.85. The number of aliphatic hydroxyl groups is 3. The van der Waals surface area contributed by atoms with Gasteiger partial charge in [0.1, 0.15) is 0 Å². The van der Waals surface area contributed by atoms with Gasteiger partial charge in [-0.15, -0.1) is 0 Å². The van der Waals surface area contributed by atoms with Crippen molar-refractivity contribution in [3.8, 4) is 0 Å². The molecule has 0 fully saturated rings. The predicted octanol–water partition coefficient (Wildman–Crippen LogP) is -0.204. The summed E-state index contributed by atoms with van der Waals surface area (Å²) in [5, 5.41) is 27.5. The molecule has 0 aromatic heterocycles. The summed E-state index contributed by atoms with van der Waals surface area (Å²) in [6.07, 6.45) is 2.37. The van der Waals surface area contributed by atoms with Crippen LogP contribution in [0.4, 0.5) is 0 Å². The molecule has 0 radical (unpaired) electrons. The van der Waals surface area contributed by atoms with Crippen LogP contribution in [0.2, 0.25) is 0 Å². The highest BCUT2D eigenvalue weighted by Crippen LogP contribution is 2.22. The summed E-state index contributed by atoms with van der Waals surface area (Å²) in [5.74, 6) is -0.582. The molecule has 0 saturated heterocycles. The lowest BCUT2D eigenvalue weighted by Gasteiger charge is -2.26. The predicted molar refractivity (Wildman–Crippen MR) is 70.6 cm³/mol. The zero-order chi connectivity index (χ0) is 15.6. The molecule has 0 saturated carbocycles. The Bertz CT molecular complexity index is 298. The van der Waals surface area contributed by atoms with Gasteiger partial charge in [0.15, 0.2) is 0 Å². The Hall–Kier alpha value is -0.990. The third-order valence-corrected chi connectivity index (χ3v) is 3.04. The van der Waals surface area contributed by atoms with E-state index < -0.39 is 17.9 Å². The molecule has 0 rings (SSSR count). The van der Waals surface area contributed by atoms with Gasteiger partial charge in [-0.05, 0) is 19.8 Å². The number of aliphatic hydroxyl groups excluding tert-OH is 3. The Morgan fingerprint density at radius 3 is 2.05 bits per heavy atom. The average molecular weight is 292 g/mol. The number of rotatable bonds is 10. The zero-order valence-electron chi connectivity index (χ0n) is 12.2. The third-order valence-electron chi connectivity index (χ3n) is 3.04. The number of esters is 1. The Kier molecular flexibility index (Phi) is 9.35. The van der Waals surface area contributed by atoms with Crippen molar-refractivity contribution >= 4 is 5.97 Å². The Morgan fingerprint density at radius 1 is 1.15 bits per heavy atom. The first-order chi connectivity index (χ1) is 9.48. The maximum Gasteiger partial charge on any atom is 0.337 e. The fraction of sp³-hybridized carbons (Fsp3) is 0.769. The second-order valence-electron chi connectivity index (χ2n) is 4.57. The van der Waals surface area contributed by atoms with Gasteiger partial charge in [0.2, 0.25) is 0 Å². The summed E-state index contributed by atoms with van der Waals surface area (Å²) in [4.78, 5) is 11.6. The van der Waals surface area contributed by atoms with Crippen LogP contribution in [-0.2, 0) is 19.0 Å². The van der Waals surface area contributed by atoms with Gasteiger partial charge in [-0.1, -0.05) is 6.08 Å². The molecule has 7 heteroatoms. The Balaban J connectivity index is 4.41. The summed E-state index contributed by atoms with van der Waals surface area (Å²) < 4.78 is 14.4. The van der Waals surface area contributed by atoms with Crippen LogP contribution in [0.25, 0.3) is 0 Å². The van der Waals surface area contributed by atoms with Crippen molar-refractivity contribution in [1.82, 2.24) is 0 Å². The van der Waals surface area contributed by atoms with E-state index in [1.54, 1.807) is 13.0 Å². The van der Waals surface area contributed by atoms with Crippen LogP contribution in [0.3, 0.4) is 0 Å². The average Bonchev–Trinajstić information content (AvgIpc) is 2.49. The topological polar surface area (TPSA) is 105 Å². The van der Waals surface area contributed by atoms with Gasteiger partial charge in [-0.25, -0.2) is 4.79 Å². The minimum Gasteiger partial charge on any atom is -0.407 e. The number of ether oxygens (including phenoxy) is 3. The smallest absolute Gasteiger partial charge is 0.337 e. The highest BCUT2D eigenvalue weighted by atomic mass is 16.8. The van der Waals surface area contributed by atoms with Crippen molar-refractivity contribution < 1.29 is 34.3 Å². The van der Waals surface area contributed by atoms with Crippen molar-refractivity contribution in [3.05, 3.63) is 11.6 Å². The van der Waals surface area contributed by atoms with E-state index in [2.05, 4.69) is 0 Å². The first kappa shape index (κ1) is 19.0. The molecule has 0 unspecified atom stereocenters. The Morgan fingerprint density at radius 2 is 1.65 bits per heavy atom. The van der Waals surface area contributed by atoms with E-state index in [4.69, 9.17) is 29.5 Å². The number of carbonyl (C=O) groups is 1. The zero-order valence-corrected chi connectivity index (χ0v) is 12.2. The van der Waals surface area contributed by atoms with Crippen LogP contribution in [0, 0.1) is 5.41 Å². The van der Waals surface area contributed by atoms with Gasteiger partial charge < -0.3 is 29.5 Å². The first-order valence-corrected chi connectivity index (χ1v) is 6.24. The van der Waals surface area contributed by atoms with Gasteiger partial charge in [-0.3, -0.25) is 0 Å². The molecule has 3 N–H and O–H groups in total. The molecule has 0 aliphatic heterocycles. The van der Waals surface area contributed by atoms with Crippen LogP contribution < -0.4 is 0 Å². The summed E-state index contributed by atoms with van der Waals surface area (Å²) in [6.45, 7) is -0.465. The van der Waals surface area contributed by atoms with E-state index in [0.29, 0.717) is 18.4 Å². The van der Waals surface area contributed by atoms with E-state index in [1.807, 2.05) is 0 Å². The molecule has 0 aromatic rings. The summed E-state index contributed by atoms with van der Waals surface area (Å²) in [6, 6.07) is 0. The molecule has 0 aliphatic carbocycles. The second kappa shape index (κ2) is 9.84. The highest BCUT2D eigenvalue weighted by molar-refractivity contribution is 5.87. The molecule has 0 spiro atoms. The van der Waals surface area contributed by atoms with E-state index in [1.165, 1.54) is 14.2 Å². The first-order valence-electron chi connectivity index (χ1n) is 6.24. The summed E-state index contributed by atoms with van der Waals surface area (Å²) in [5.41, 5.74) is -0.589. The fourth-order valence-corrected chi connectivity index (χ4v) is 1.44. The van der Waals surface area contributed by atoms with Gasteiger partial charge in [0.25, 0.3) is 0 Å². The normalized spacial score (nSPS) is 12.8. The molecule has 7 nitrogen and oxygen atoms in total.